The fraction of sp³-hybridized carbons (Fsp3) is 0.231. The van der Waals surface area contributed by atoms with Crippen molar-refractivity contribution < 1.29 is 14.3 Å². The SMILES string of the molecule is CCOC(=O)c1cn(-c2ccc(OC)cc2)nc1N. The number of carbonyl (C=O) groups is 1. The zero-order valence-corrected chi connectivity index (χ0v) is 10.8. The molecule has 19 heavy (non-hydrogen) atoms. The lowest BCUT2D eigenvalue weighted by Crippen LogP contribution is -2.05. The summed E-state index contributed by atoms with van der Waals surface area (Å²) in [5.74, 6) is 0.420. The van der Waals surface area contributed by atoms with Crippen LogP contribution in [-0.4, -0.2) is 29.5 Å². The maximum Gasteiger partial charge on any atom is 0.343 e. The lowest BCUT2D eigenvalue weighted by Gasteiger charge is -2.02. The van der Waals surface area contributed by atoms with Crippen molar-refractivity contribution in [2.75, 3.05) is 19.5 Å². The predicted molar refractivity (Wildman–Crippen MR) is 70.5 cm³/mol. The number of nitrogen functional groups attached to an aromatic ring is 1. The first kappa shape index (κ1) is 12.9. The third-order valence-corrected chi connectivity index (χ3v) is 2.58. The van der Waals surface area contributed by atoms with Crippen LogP contribution in [0.25, 0.3) is 5.69 Å². The van der Waals surface area contributed by atoms with Gasteiger partial charge in [-0.2, -0.15) is 0 Å². The molecule has 0 saturated carbocycles. The van der Waals surface area contributed by atoms with Crippen LogP contribution in [0.3, 0.4) is 0 Å². The molecule has 6 heteroatoms. The summed E-state index contributed by atoms with van der Waals surface area (Å²) in [6.07, 6.45) is 1.55. The fourth-order valence-corrected chi connectivity index (χ4v) is 1.62. The molecule has 2 rings (SSSR count). The summed E-state index contributed by atoms with van der Waals surface area (Å²) >= 11 is 0. The van der Waals surface area contributed by atoms with Crippen LogP contribution >= 0.6 is 0 Å². The van der Waals surface area contributed by atoms with Crippen molar-refractivity contribution in [2.45, 2.75) is 6.92 Å². The Kier molecular flexibility index (Phi) is 3.70. The number of aromatic nitrogens is 2. The van der Waals surface area contributed by atoms with E-state index in [1.807, 2.05) is 12.1 Å². The van der Waals surface area contributed by atoms with E-state index in [9.17, 15) is 4.79 Å². The van der Waals surface area contributed by atoms with Gasteiger partial charge < -0.3 is 15.2 Å². The van der Waals surface area contributed by atoms with Crippen molar-refractivity contribution in [2.24, 2.45) is 0 Å². The van der Waals surface area contributed by atoms with E-state index in [0.717, 1.165) is 11.4 Å². The quantitative estimate of drug-likeness (QED) is 0.846. The Morgan fingerprint density at radius 1 is 1.37 bits per heavy atom. The largest absolute Gasteiger partial charge is 0.497 e. The maximum absolute atomic E-state index is 11.6. The van der Waals surface area contributed by atoms with Crippen molar-refractivity contribution >= 4 is 11.8 Å². The average Bonchev–Trinajstić information content (AvgIpc) is 2.81. The van der Waals surface area contributed by atoms with Gasteiger partial charge in [-0.3, -0.25) is 0 Å². The van der Waals surface area contributed by atoms with Crippen LogP contribution in [0.15, 0.2) is 30.5 Å². The molecule has 100 valence electrons. The number of methoxy groups -OCH3 is 1. The highest BCUT2D eigenvalue weighted by molar-refractivity contribution is 5.94. The lowest BCUT2D eigenvalue weighted by molar-refractivity contribution is 0.0527. The van der Waals surface area contributed by atoms with Gasteiger partial charge in [-0.25, -0.2) is 9.48 Å². The molecule has 1 aromatic heterocycles. The highest BCUT2D eigenvalue weighted by atomic mass is 16.5. The van der Waals surface area contributed by atoms with E-state index >= 15 is 0 Å². The molecule has 0 aliphatic heterocycles. The van der Waals surface area contributed by atoms with Crippen molar-refractivity contribution in [1.29, 1.82) is 0 Å². The molecule has 1 aromatic carbocycles. The molecule has 0 bridgehead atoms. The Morgan fingerprint density at radius 3 is 2.63 bits per heavy atom. The molecule has 0 radical (unpaired) electrons. The summed E-state index contributed by atoms with van der Waals surface area (Å²) in [6, 6.07) is 7.24. The second-order valence-corrected chi connectivity index (χ2v) is 3.79. The summed E-state index contributed by atoms with van der Waals surface area (Å²) in [5.41, 5.74) is 6.75. The van der Waals surface area contributed by atoms with E-state index in [1.54, 1.807) is 32.4 Å². The van der Waals surface area contributed by atoms with E-state index in [0.29, 0.717) is 6.61 Å². The first-order valence-corrected chi connectivity index (χ1v) is 5.82. The molecule has 0 atom stereocenters. The third kappa shape index (κ3) is 2.67. The number of anilines is 1. The van der Waals surface area contributed by atoms with E-state index in [2.05, 4.69) is 5.10 Å². The average molecular weight is 261 g/mol. The second-order valence-electron chi connectivity index (χ2n) is 3.79. The number of rotatable bonds is 4. The first-order chi connectivity index (χ1) is 9.15. The van der Waals surface area contributed by atoms with Crippen LogP contribution < -0.4 is 10.5 Å². The molecule has 0 spiro atoms. The van der Waals surface area contributed by atoms with Gasteiger partial charge in [0.1, 0.15) is 11.3 Å². The van der Waals surface area contributed by atoms with Crippen LogP contribution in [0.2, 0.25) is 0 Å². The maximum atomic E-state index is 11.6. The Balaban J connectivity index is 2.30. The molecule has 2 aromatic rings. The van der Waals surface area contributed by atoms with Gasteiger partial charge in [-0.05, 0) is 31.2 Å². The van der Waals surface area contributed by atoms with Crippen molar-refractivity contribution in [3.8, 4) is 11.4 Å². The Morgan fingerprint density at radius 2 is 2.05 bits per heavy atom. The van der Waals surface area contributed by atoms with Crippen molar-refractivity contribution in [1.82, 2.24) is 9.78 Å². The lowest BCUT2D eigenvalue weighted by atomic mass is 10.3. The number of hydrogen-bond donors (Lipinski definition) is 1. The molecule has 0 aliphatic rings. The van der Waals surface area contributed by atoms with Gasteiger partial charge in [-0.1, -0.05) is 0 Å². The van der Waals surface area contributed by atoms with Crippen LogP contribution in [0.4, 0.5) is 5.82 Å². The molecular formula is C13H15N3O3. The van der Waals surface area contributed by atoms with Gasteiger partial charge in [0.05, 0.1) is 19.4 Å². The zero-order valence-electron chi connectivity index (χ0n) is 10.8. The van der Waals surface area contributed by atoms with E-state index in [1.165, 1.54) is 4.68 Å². The number of nitrogens with zero attached hydrogens (tertiary/aromatic N) is 2. The summed E-state index contributed by atoms with van der Waals surface area (Å²) in [4.78, 5) is 11.6. The van der Waals surface area contributed by atoms with Gasteiger partial charge in [0.15, 0.2) is 5.82 Å². The number of esters is 1. The molecular weight excluding hydrogens is 246 g/mol. The van der Waals surface area contributed by atoms with Gasteiger partial charge in [-0.15, -0.1) is 5.10 Å². The topological polar surface area (TPSA) is 79.4 Å². The third-order valence-electron chi connectivity index (χ3n) is 2.58. The highest BCUT2D eigenvalue weighted by Gasteiger charge is 2.15. The molecule has 0 aliphatic carbocycles. The second kappa shape index (κ2) is 5.43. The van der Waals surface area contributed by atoms with Crippen LogP contribution in [0, 0.1) is 0 Å². The predicted octanol–water partition coefficient (Wildman–Crippen LogP) is 1.64. The molecule has 0 amide bonds. The summed E-state index contributed by atoms with van der Waals surface area (Å²) in [5, 5.41) is 4.09. The minimum atomic E-state index is -0.472. The number of hydrogen-bond acceptors (Lipinski definition) is 5. The number of ether oxygens (including phenoxy) is 2. The zero-order chi connectivity index (χ0) is 13.8. The van der Waals surface area contributed by atoms with Crippen LogP contribution in [0.5, 0.6) is 5.75 Å². The van der Waals surface area contributed by atoms with E-state index < -0.39 is 5.97 Å². The Labute approximate surface area is 110 Å². The van der Waals surface area contributed by atoms with Crippen molar-refractivity contribution in [3.05, 3.63) is 36.0 Å². The number of nitrogens with two attached hydrogens (primary N) is 1. The summed E-state index contributed by atoms with van der Waals surface area (Å²) in [7, 11) is 1.60. The van der Waals surface area contributed by atoms with Crippen molar-refractivity contribution in [3.63, 3.8) is 0 Å². The summed E-state index contributed by atoms with van der Waals surface area (Å²) < 4.78 is 11.5. The van der Waals surface area contributed by atoms with Gasteiger partial charge in [0.2, 0.25) is 0 Å². The van der Waals surface area contributed by atoms with Crippen LogP contribution in [0.1, 0.15) is 17.3 Å². The molecule has 2 N–H and O–H groups in total. The number of benzene rings is 1. The molecule has 0 unspecified atom stereocenters. The van der Waals surface area contributed by atoms with Gasteiger partial charge in [0, 0.05) is 6.20 Å². The van der Waals surface area contributed by atoms with Gasteiger partial charge in [0.25, 0.3) is 0 Å². The standard InChI is InChI=1S/C13H15N3O3/c1-3-19-13(17)11-8-16(15-12(11)14)9-4-6-10(18-2)7-5-9/h4-8H,3H2,1-2H3,(H2,14,15). The first-order valence-electron chi connectivity index (χ1n) is 5.82. The Hall–Kier alpha value is -2.50. The summed E-state index contributed by atoms with van der Waals surface area (Å²) in [6.45, 7) is 2.04. The Bertz CT molecular complexity index is 575. The molecule has 6 nitrogen and oxygen atoms in total. The fourth-order valence-electron chi connectivity index (χ4n) is 1.62. The van der Waals surface area contributed by atoms with Gasteiger partial charge >= 0.3 is 5.97 Å². The minimum absolute atomic E-state index is 0.147. The van der Waals surface area contributed by atoms with Crippen LogP contribution in [-0.2, 0) is 4.74 Å². The highest BCUT2D eigenvalue weighted by Crippen LogP contribution is 2.18. The van der Waals surface area contributed by atoms with E-state index in [4.69, 9.17) is 15.2 Å². The monoisotopic (exact) mass is 261 g/mol. The molecule has 0 fully saturated rings. The molecule has 1 heterocycles. The smallest absolute Gasteiger partial charge is 0.343 e. The normalized spacial score (nSPS) is 10.2. The van der Waals surface area contributed by atoms with E-state index in [-0.39, 0.29) is 11.4 Å². The minimum Gasteiger partial charge on any atom is -0.497 e. The number of carbonyl (C=O) groups excluding carboxylic acids is 1. The molecule has 0 saturated heterocycles.